The Hall–Kier alpha value is -10.8. The van der Waals surface area contributed by atoms with Gasteiger partial charge in [-0.3, -0.25) is 9.59 Å². The van der Waals surface area contributed by atoms with Crippen molar-refractivity contribution in [1.29, 1.82) is 0 Å². The van der Waals surface area contributed by atoms with E-state index in [1.807, 2.05) is 40.8 Å². The van der Waals surface area contributed by atoms with Crippen LogP contribution in [0.3, 0.4) is 0 Å². The van der Waals surface area contributed by atoms with Crippen LogP contribution in [0.15, 0.2) is 290 Å². The van der Waals surface area contributed by atoms with Crippen LogP contribution in [0, 0.1) is 15.9 Å². The maximum atomic E-state index is 11.4. The molecule has 2 aliphatic rings. The number of anilines is 6. The standard InChI is InChI=1S/C48H43NO2.C41H39N.C7H5IO2/c1-3-5-27-48(28-6-4-2)44-30-36(35-19-23-41(24-20-35)49(39-13-9-7-10-14-39)40-15-11-8-12-16-40)21-25-42(44)43-26-22-37(31-45(43)48)47-32-38-18-17-34(33-50)29-46(38)51-47;1-4-7-27-41(28-8-5-2)39-29-31(6-3)19-25-37(39)38-26-22-33(30-40(38)41)32-20-23-36(24-21-32)42(34-15-11-9-12-16-34)35-17-13-10-14-18-35;8-6-2-1-5(4-9)3-7(6)10/h7-26,29-33H,3-6,27-28H2,1-2H3;3,9-26,29-30H,4-5,7-8,27-28H2,1-2H3;1-4,10H. The summed E-state index contributed by atoms with van der Waals surface area (Å²) in [6.45, 7) is 9.20. The van der Waals surface area contributed by atoms with Crippen LogP contribution < -0.4 is 9.80 Å². The number of hydrogen-bond donors (Lipinski definition) is 1. The Morgan fingerprint density at radius 2 is 0.738 bits per heavy atom. The summed E-state index contributed by atoms with van der Waals surface area (Å²) in [5.74, 6) is 3.90. The van der Waals surface area contributed by atoms with Crippen LogP contribution in [-0.4, -0.2) is 17.7 Å². The van der Waals surface area contributed by atoms with Gasteiger partial charge >= 0.3 is 0 Å². The zero-order valence-corrected chi connectivity index (χ0v) is 61.5. The minimum absolute atomic E-state index is 0.0108. The second-order valence-corrected chi connectivity index (χ2v) is 28.4. The number of terminal acetylenes is 1. The Kier molecular flexibility index (Phi) is 22.3. The Morgan fingerprint density at radius 1 is 0.388 bits per heavy atom. The van der Waals surface area contributed by atoms with Crippen molar-refractivity contribution in [2.45, 2.75) is 116 Å². The summed E-state index contributed by atoms with van der Waals surface area (Å²) in [7, 11) is 0. The van der Waals surface area contributed by atoms with Crippen molar-refractivity contribution in [3.05, 3.63) is 328 Å². The molecular weight excluding hydrogens is 1370 g/mol. The Morgan fingerprint density at radius 3 is 1.13 bits per heavy atom. The van der Waals surface area contributed by atoms with Gasteiger partial charge in [-0.05, 0) is 242 Å². The first-order valence-corrected chi connectivity index (χ1v) is 37.6. The third kappa shape index (κ3) is 14.8. The van der Waals surface area contributed by atoms with Crippen LogP contribution in [0.25, 0.3) is 66.8 Å². The molecule has 0 saturated heterocycles. The number of hydrogen-bond acceptors (Lipinski definition) is 6. The lowest BCUT2D eigenvalue weighted by atomic mass is 9.70. The van der Waals surface area contributed by atoms with E-state index in [2.05, 4.69) is 292 Å². The van der Waals surface area contributed by atoms with Crippen LogP contribution in [0.5, 0.6) is 5.75 Å². The van der Waals surface area contributed by atoms with Gasteiger partial charge in [-0.15, -0.1) is 6.42 Å². The summed E-state index contributed by atoms with van der Waals surface area (Å²) in [6.07, 6.45) is 21.4. The predicted octanol–water partition coefficient (Wildman–Crippen LogP) is 27.0. The maximum absolute atomic E-state index is 11.4. The van der Waals surface area contributed by atoms with E-state index in [9.17, 15) is 9.59 Å². The molecule has 103 heavy (non-hydrogen) atoms. The van der Waals surface area contributed by atoms with E-state index >= 15 is 0 Å². The molecule has 0 atom stereocenters. The number of nitrogens with zero attached hydrogens (tertiary/aromatic N) is 2. The molecule has 15 rings (SSSR count). The van der Waals surface area contributed by atoms with E-state index in [4.69, 9.17) is 15.9 Å². The highest BCUT2D eigenvalue weighted by Gasteiger charge is 2.44. The van der Waals surface area contributed by atoms with E-state index in [1.54, 1.807) is 12.1 Å². The van der Waals surface area contributed by atoms with E-state index in [0.29, 0.717) is 17.4 Å². The van der Waals surface area contributed by atoms with Crippen LogP contribution in [0.4, 0.5) is 34.1 Å². The van der Waals surface area contributed by atoms with Gasteiger partial charge in [0.25, 0.3) is 0 Å². The number of aldehydes is 2. The first kappa shape index (κ1) is 70.6. The average molecular weight is 1460 g/mol. The number of carbonyl (C=O) groups is 2. The first-order chi connectivity index (χ1) is 50.5. The van der Waals surface area contributed by atoms with E-state index < -0.39 is 0 Å². The molecule has 7 heteroatoms. The van der Waals surface area contributed by atoms with E-state index in [-0.39, 0.29) is 16.6 Å². The van der Waals surface area contributed by atoms with Crippen LogP contribution in [0.2, 0.25) is 0 Å². The fourth-order valence-electron chi connectivity index (χ4n) is 15.5. The number of para-hydroxylation sites is 4. The minimum Gasteiger partial charge on any atom is -0.507 e. The number of benzene rings is 12. The highest BCUT2D eigenvalue weighted by molar-refractivity contribution is 14.1. The number of unbranched alkanes of at least 4 members (excludes halogenated alkanes) is 4. The quantitative estimate of drug-likeness (QED) is 0.0391. The molecule has 2 aliphatic carbocycles. The molecule has 0 radical (unpaired) electrons. The molecule has 13 aromatic rings. The van der Waals surface area contributed by atoms with E-state index in [0.717, 1.165) is 110 Å². The lowest BCUT2D eigenvalue weighted by Gasteiger charge is -2.33. The highest BCUT2D eigenvalue weighted by atomic mass is 127. The molecule has 0 aliphatic heterocycles. The third-order valence-corrected chi connectivity index (χ3v) is 21.7. The minimum atomic E-state index is -0.0727. The second-order valence-electron chi connectivity index (χ2n) is 27.2. The summed E-state index contributed by atoms with van der Waals surface area (Å²) >= 11 is 1.99. The molecule has 1 aromatic heterocycles. The van der Waals surface area contributed by atoms with Gasteiger partial charge in [0.05, 0.1) is 3.57 Å². The molecule has 0 unspecified atom stereocenters. The number of furan rings is 1. The number of phenols is 1. The van der Waals surface area contributed by atoms with Crippen molar-refractivity contribution in [1.82, 2.24) is 0 Å². The topological polar surface area (TPSA) is 74.0 Å². The Bertz CT molecular complexity index is 5020. The van der Waals surface area contributed by atoms with Gasteiger partial charge in [-0.1, -0.05) is 243 Å². The van der Waals surface area contributed by atoms with Crippen LogP contribution in [-0.2, 0) is 10.8 Å². The largest absolute Gasteiger partial charge is 0.507 e. The monoisotopic (exact) mass is 1460 g/mol. The average Bonchev–Trinajstić information content (AvgIpc) is 1.58. The second kappa shape index (κ2) is 32.5. The molecule has 512 valence electrons. The molecule has 1 heterocycles. The van der Waals surface area contributed by atoms with Crippen molar-refractivity contribution in [3.63, 3.8) is 0 Å². The first-order valence-electron chi connectivity index (χ1n) is 36.5. The SMILES string of the molecule is C#Cc1ccc2c(c1)C(CCCC)(CCCC)c1cc(-c3ccc(N(c4ccccc4)c4ccccc4)cc3)ccc1-2.CCCCC1(CCCC)c2cc(-c3ccc(N(c4ccccc4)c4ccccc4)cc3)ccc2-c2ccc(-c3cc4ccc(C=O)cc4o3)cc21.O=Cc1ccc(I)c(O)c1. The predicted molar refractivity (Wildman–Crippen MR) is 438 cm³/mol. The maximum Gasteiger partial charge on any atom is 0.150 e. The molecule has 0 saturated carbocycles. The zero-order valence-electron chi connectivity index (χ0n) is 59.3. The van der Waals surface area contributed by atoms with Gasteiger partial charge in [0, 0.05) is 72.6 Å². The van der Waals surface area contributed by atoms with E-state index in [1.165, 1.54) is 111 Å². The summed E-state index contributed by atoms with van der Waals surface area (Å²) in [6, 6.07) is 101. The molecule has 6 nitrogen and oxygen atoms in total. The normalized spacial score (nSPS) is 12.5. The van der Waals surface area contributed by atoms with Gasteiger partial charge in [-0.25, -0.2) is 0 Å². The van der Waals surface area contributed by atoms with Crippen molar-refractivity contribution in [3.8, 4) is 73.9 Å². The molecular formula is C96H87IN2O4. The van der Waals surface area contributed by atoms with Crippen molar-refractivity contribution < 1.29 is 19.1 Å². The summed E-state index contributed by atoms with van der Waals surface area (Å²) < 4.78 is 7.11. The summed E-state index contributed by atoms with van der Waals surface area (Å²) in [5, 5.41) is 10.1. The Balaban J connectivity index is 0.000000164. The fourth-order valence-corrected chi connectivity index (χ4v) is 15.8. The summed E-state index contributed by atoms with van der Waals surface area (Å²) in [4.78, 5) is 26.2. The number of carbonyl (C=O) groups excluding carboxylic acids is 2. The highest BCUT2D eigenvalue weighted by Crippen LogP contribution is 2.58. The van der Waals surface area contributed by atoms with Crippen molar-refractivity contribution >= 4 is 80.3 Å². The third-order valence-electron chi connectivity index (χ3n) is 20.8. The fraction of sp³-hybridized carbons (Fsp3) is 0.188. The van der Waals surface area contributed by atoms with Gasteiger partial charge in [0.15, 0.2) is 0 Å². The van der Waals surface area contributed by atoms with Crippen molar-refractivity contribution in [2.24, 2.45) is 0 Å². The number of fused-ring (bicyclic) bond motifs is 7. The lowest BCUT2D eigenvalue weighted by Crippen LogP contribution is -2.25. The van der Waals surface area contributed by atoms with Gasteiger partial charge in [0.2, 0.25) is 0 Å². The van der Waals surface area contributed by atoms with Crippen LogP contribution >= 0.6 is 22.6 Å². The molecule has 12 aromatic carbocycles. The molecule has 0 amide bonds. The molecule has 0 bridgehead atoms. The van der Waals surface area contributed by atoms with Gasteiger partial charge in [0.1, 0.15) is 29.7 Å². The molecule has 1 N–H and O–H groups in total. The molecule has 0 fully saturated rings. The number of halogens is 1. The van der Waals surface area contributed by atoms with Crippen molar-refractivity contribution in [2.75, 3.05) is 9.80 Å². The lowest BCUT2D eigenvalue weighted by molar-refractivity contribution is 0.111. The van der Waals surface area contributed by atoms with Gasteiger partial charge < -0.3 is 19.3 Å². The number of rotatable bonds is 23. The summed E-state index contributed by atoms with van der Waals surface area (Å²) in [5.41, 5.74) is 26.9. The smallest absolute Gasteiger partial charge is 0.150 e. The number of phenolic OH excluding ortho intramolecular Hbond substituents is 1. The molecule has 0 spiro atoms. The number of aromatic hydroxyl groups is 1. The van der Waals surface area contributed by atoms with Gasteiger partial charge in [-0.2, -0.15) is 0 Å². The Labute approximate surface area is 621 Å². The zero-order chi connectivity index (χ0) is 71.3. The van der Waals surface area contributed by atoms with Crippen LogP contribution in [0.1, 0.15) is 153 Å².